The molecule has 2 rings (SSSR count). The molecule has 2 aromatic rings. The molecule has 0 spiro atoms. The van der Waals surface area contributed by atoms with Crippen LogP contribution in [0.4, 0.5) is 0 Å². The number of nitrogens with one attached hydrogen (secondary N) is 1. The van der Waals surface area contributed by atoms with Crippen LogP contribution in [0.15, 0.2) is 42.5 Å². The standard InChI is InChI=1S/C12H13N.ClH/c1-13-9-11-7-4-6-10-5-2-3-8-12(10)11;/h2-8,13H,9H2,1H3;1H. The lowest BCUT2D eigenvalue weighted by Crippen LogP contribution is -2.05. The summed E-state index contributed by atoms with van der Waals surface area (Å²) < 4.78 is 0. The largest absolute Gasteiger partial charge is 0.316 e. The summed E-state index contributed by atoms with van der Waals surface area (Å²) in [5, 5.41) is 5.84. The number of hydrogen-bond donors (Lipinski definition) is 1. The van der Waals surface area contributed by atoms with Crippen LogP contribution in [0, 0.1) is 0 Å². The van der Waals surface area contributed by atoms with Crippen LogP contribution in [0.5, 0.6) is 0 Å². The Kier molecular flexibility index (Phi) is 3.93. The zero-order chi connectivity index (χ0) is 9.10. The molecule has 0 heterocycles. The lowest BCUT2D eigenvalue weighted by atomic mass is 10.0. The first-order valence-electron chi connectivity index (χ1n) is 4.53. The van der Waals surface area contributed by atoms with Gasteiger partial charge in [0.05, 0.1) is 0 Å². The Bertz CT molecular complexity index is 406. The summed E-state index contributed by atoms with van der Waals surface area (Å²) >= 11 is 0. The van der Waals surface area contributed by atoms with Crippen LogP contribution in [-0.2, 0) is 6.54 Å². The third kappa shape index (κ3) is 2.06. The molecule has 2 heteroatoms. The van der Waals surface area contributed by atoms with Crippen molar-refractivity contribution in [2.24, 2.45) is 0 Å². The molecule has 0 atom stereocenters. The molecule has 0 saturated heterocycles. The van der Waals surface area contributed by atoms with Gasteiger partial charge in [-0.25, -0.2) is 0 Å². The van der Waals surface area contributed by atoms with Crippen molar-refractivity contribution in [3.63, 3.8) is 0 Å². The van der Waals surface area contributed by atoms with Gasteiger partial charge in [-0.3, -0.25) is 0 Å². The van der Waals surface area contributed by atoms with Crippen LogP contribution in [0.2, 0.25) is 0 Å². The molecule has 0 aliphatic rings. The smallest absolute Gasteiger partial charge is 0.0208 e. The second kappa shape index (κ2) is 4.99. The van der Waals surface area contributed by atoms with E-state index in [0.29, 0.717) is 0 Å². The highest BCUT2D eigenvalue weighted by molar-refractivity contribution is 5.85. The molecule has 0 radical (unpaired) electrons. The van der Waals surface area contributed by atoms with Gasteiger partial charge >= 0.3 is 0 Å². The Morgan fingerprint density at radius 2 is 1.71 bits per heavy atom. The molecule has 0 aliphatic heterocycles. The van der Waals surface area contributed by atoms with E-state index in [1.807, 2.05) is 7.05 Å². The van der Waals surface area contributed by atoms with Crippen molar-refractivity contribution >= 4 is 23.2 Å². The molecule has 0 bridgehead atoms. The quantitative estimate of drug-likeness (QED) is 0.799. The molecule has 0 aliphatic carbocycles. The minimum absolute atomic E-state index is 0. The predicted molar refractivity (Wildman–Crippen MR) is 64.0 cm³/mol. The van der Waals surface area contributed by atoms with Gasteiger partial charge in [0.25, 0.3) is 0 Å². The van der Waals surface area contributed by atoms with E-state index in [1.165, 1.54) is 16.3 Å². The van der Waals surface area contributed by atoms with Crippen LogP contribution < -0.4 is 5.32 Å². The molecule has 1 nitrogen and oxygen atoms in total. The summed E-state index contributed by atoms with van der Waals surface area (Å²) in [5.41, 5.74) is 1.36. The first-order valence-corrected chi connectivity index (χ1v) is 4.53. The number of hydrogen-bond acceptors (Lipinski definition) is 1. The Balaban J connectivity index is 0.000000980. The second-order valence-electron chi connectivity index (χ2n) is 3.17. The van der Waals surface area contributed by atoms with Crippen LogP contribution in [0.3, 0.4) is 0 Å². The number of fused-ring (bicyclic) bond motifs is 1. The normalized spacial score (nSPS) is 9.79. The summed E-state index contributed by atoms with van der Waals surface area (Å²) in [6.45, 7) is 0.932. The first kappa shape index (κ1) is 11.0. The maximum Gasteiger partial charge on any atom is 0.0208 e. The number of benzene rings is 2. The van der Waals surface area contributed by atoms with Gasteiger partial charge in [0.15, 0.2) is 0 Å². The average Bonchev–Trinajstić information content (AvgIpc) is 2.19. The van der Waals surface area contributed by atoms with E-state index in [4.69, 9.17) is 0 Å². The summed E-state index contributed by atoms with van der Waals surface area (Å²) in [6, 6.07) is 14.9. The van der Waals surface area contributed by atoms with E-state index >= 15 is 0 Å². The lowest BCUT2D eigenvalue weighted by Gasteiger charge is -2.04. The van der Waals surface area contributed by atoms with Gasteiger partial charge in [-0.2, -0.15) is 0 Å². The van der Waals surface area contributed by atoms with Gasteiger partial charge in [-0.15, -0.1) is 12.4 Å². The van der Waals surface area contributed by atoms with Crippen molar-refractivity contribution in [1.82, 2.24) is 5.32 Å². The van der Waals surface area contributed by atoms with Crippen molar-refractivity contribution in [2.75, 3.05) is 7.05 Å². The summed E-state index contributed by atoms with van der Waals surface area (Å²) in [6.07, 6.45) is 0. The molecule has 74 valence electrons. The Hall–Kier alpha value is -1.05. The third-order valence-corrected chi connectivity index (χ3v) is 2.25. The van der Waals surface area contributed by atoms with E-state index in [9.17, 15) is 0 Å². The summed E-state index contributed by atoms with van der Waals surface area (Å²) in [4.78, 5) is 0. The van der Waals surface area contributed by atoms with E-state index in [2.05, 4.69) is 47.8 Å². The molecule has 0 aromatic heterocycles. The van der Waals surface area contributed by atoms with Gasteiger partial charge in [-0.1, -0.05) is 42.5 Å². The van der Waals surface area contributed by atoms with E-state index in [1.54, 1.807) is 0 Å². The van der Waals surface area contributed by atoms with Crippen LogP contribution >= 0.6 is 12.4 Å². The minimum Gasteiger partial charge on any atom is -0.316 e. The highest BCUT2D eigenvalue weighted by Gasteiger charge is 1.97. The van der Waals surface area contributed by atoms with E-state index in [-0.39, 0.29) is 12.4 Å². The van der Waals surface area contributed by atoms with Crippen LogP contribution in [0.25, 0.3) is 10.8 Å². The predicted octanol–water partition coefficient (Wildman–Crippen LogP) is 2.98. The molecular weight excluding hydrogens is 194 g/mol. The van der Waals surface area contributed by atoms with Crippen LogP contribution in [0.1, 0.15) is 5.56 Å². The zero-order valence-electron chi connectivity index (χ0n) is 8.16. The Morgan fingerprint density at radius 1 is 1.00 bits per heavy atom. The van der Waals surface area contributed by atoms with Gasteiger partial charge in [-0.05, 0) is 23.4 Å². The molecule has 0 unspecified atom stereocenters. The fourth-order valence-electron chi connectivity index (χ4n) is 1.64. The third-order valence-electron chi connectivity index (χ3n) is 2.25. The maximum atomic E-state index is 3.18. The van der Waals surface area contributed by atoms with Crippen molar-refractivity contribution in [3.05, 3.63) is 48.0 Å². The van der Waals surface area contributed by atoms with Crippen molar-refractivity contribution in [2.45, 2.75) is 6.54 Å². The van der Waals surface area contributed by atoms with E-state index < -0.39 is 0 Å². The van der Waals surface area contributed by atoms with Crippen LogP contribution in [-0.4, -0.2) is 7.05 Å². The topological polar surface area (TPSA) is 12.0 Å². The molecule has 0 amide bonds. The SMILES string of the molecule is CNCc1cccc2ccccc12.Cl. The van der Waals surface area contributed by atoms with Gasteiger partial charge in [0, 0.05) is 6.54 Å². The zero-order valence-corrected chi connectivity index (χ0v) is 8.97. The van der Waals surface area contributed by atoms with Crippen molar-refractivity contribution in [1.29, 1.82) is 0 Å². The second-order valence-corrected chi connectivity index (χ2v) is 3.17. The number of halogens is 1. The molecule has 2 aromatic carbocycles. The average molecular weight is 208 g/mol. The highest BCUT2D eigenvalue weighted by Crippen LogP contribution is 2.17. The lowest BCUT2D eigenvalue weighted by molar-refractivity contribution is 0.824. The van der Waals surface area contributed by atoms with E-state index in [0.717, 1.165) is 6.54 Å². The fraction of sp³-hybridized carbons (Fsp3) is 0.167. The minimum atomic E-state index is 0. The van der Waals surface area contributed by atoms with Gasteiger partial charge in [0.1, 0.15) is 0 Å². The molecule has 14 heavy (non-hydrogen) atoms. The first-order chi connectivity index (χ1) is 6.42. The fourth-order valence-corrected chi connectivity index (χ4v) is 1.64. The van der Waals surface area contributed by atoms with Crippen molar-refractivity contribution < 1.29 is 0 Å². The van der Waals surface area contributed by atoms with Gasteiger partial charge < -0.3 is 5.32 Å². The van der Waals surface area contributed by atoms with Gasteiger partial charge in [0.2, 0.25) is 0 Å². The monoisotopic (exact) mass is 207 g/mol. The number of rotatable bonds is 2. The molecule has 0 fully saturated rings. The maximum absolute atomic E-state index is 3.18. The van der Waals surface area contributed by atoms with Crippen molar-refractivity contribution in [3.8, 4) is 0 Å². The molecule has 1 N–H and O–H groups in total. The Labute approximate surface area is 90.5 Å². The Morgan fingerprint density at radius 3 is 2.50 bits per heavy atom. The summed E-state index contributed by atoms with van der Waals surface area (Å²) in [5.74, 6) is 0. The molecule has 0 saturated carbocycles. The summed E-state index contributed by atoms with van der Waals surface area (Å²) in [7, 11) is 1.97. The molecular formula is C12H14ClN. The highest BCUT2D eigenvalue weighted by atomic mass is 35.5.